The van der Waals surface area contributed by atoms with Crippen LogP contribution in [0.3, 0.4) is 0 Å². The van der Waals surface area contributed by atoms with Gasteiger partial charge in [0.05, 0.1) is 18.1 Å². The number of hydrogen-bond donors (Lipinski definition) is 2. The summed E-state index contributed by atoms with van der Waals surface area (Å²) in [6.07, 6.45) is 7.89. The molecule has 1 fully saturated rings. The maximum Gasteiger partial charge on any atom is 0.229 e. The van der Waals surface area contributed by atoms with Crippen LogP contribution in [0.25, 0.3) is 0 Å². The molecule has 9 nitrogen and oxygen atoms in total. The summed E-state index contributed by atoms with van der Waals surface area (Å²) in [6.45, 7) is 2.49. The van der Waals surface area contributed by atoms with E-state index in [-0.39, 0.29) is 5.91 Å². The zero-order valence-electron chi connectivity index (χ0n) is 18.1. The number of rotatable bonds is 5. The Bertz CT molecular complexity index is 1100. The average Bonchev–Trinajstić information content (AvgIpc) is 3.20. The van der Waals surface area contributed by atoms with Crippen molar-refractivity contribution >= 4 is 44.8 Å². The number of benzene rings is 1. The maximum atomic E-state index is 12.5. The Balaban J connectivity index is 1.63. The van der Waals surface area contributed by atoms with Gasteiger partial charge in [-0.05, 0) is 43.5 Å². The van der Waals surface area contributed by atoms with Crippen LogP contribution in [0.1, 0.15) is 37.7 Å². The quantitative estimate of drug-likeness (QED) is 0.730. The van der Waals surface area contributed by atoms with Gasteiger partial charge in [-0.2, -0.15) is 4.98 Å². The Morgan fingerprint density at radius 3 is 2.61 bits per heavy atom. The maximum absolute atomic E-state index is 12.5. The number of aromatic nitrogens is 2. The molecular formula is C21H28N6O3S. The summed E-state index contributed by atoms with van der Waals surface area (Å²) >= 11 is 0. The van der Waals surface area contributed by atoms with Gasteiger partial charge < -0.3 is 15.1 Å². The molecule has 0 saturated heterocycles. The zero-order valence-corrected chi connectivity index (χ0v) is 18.9. The smallest absolute Gasteiger partial charge is 0.229 e. The van der Waals surface area contributed by atoms with Crippen molar-refractivity contribution in [1.82, 2.24) is 9.97 Å². The average molecular weight is 445 g/mol. The second-order valence-corrected chi connectivity index (χ2v) is 10.0. The van der Waals surface area contributed by atoms with Crippen molar-refractivity contribution in [3.05, 3.63) is 30.0 Å². The lowest BCUT2D eigenvalue weighted by atomic mass is 10.2. The topological polar surface area (TPSA) is 108 Å². The number of fused-ring (bicyclic) bond motifs is 1. The monoisotopic (exact) mass is 444 g/mol. The Morgan fingerprint density at radius 1 is 1.19 bits per heavy atom. The number of amides is 1. The van der Waals surface area contributed by atoms with Crippen LogP contribution in [-0.2, 0) is 14.8 Å². The zero-order chi connectivity index (χ0) is 22.2. The molecule has 166 valence electrons. The van der Waals surface area contributed by atoms with Crippen molar-refractivity contribution in [2.45, 2.75) is 45.1 Å². The molecule has 0 unspecified atom stereocenters. The van der Waals surface area contributed by atoms with Crippen molar-refractivity contribution < 1.29 is 13.2 Å². The molecule has 4 rings (SSSR count). The lowest BCUT2D eigenvalue weighted by molar-refractivity contribution is -0.118. The van der Waals surface area contributed by atoms with Gasteiger partial charge in [-0.3, -0.25) is 9.52 Å². The highest BCUT2D eigenvalue weighted by Gasteiger charge is 2.31. The van der Waals surface area contributed by atoms with E-state index in [1.807, 2.05) is 13.0 Å². The fraction of sp³-hybridized carbons (Fsp3) is 0.476. The van der Waals surface area contributed by atoms with Crippen LogP contribution in [0, 0.1) is 6.92 Å². The number of anilines is 5. The molecule has 1 amide bonds. The summed E-state index contributed by atoms with van der Waals surface area (Å²) in [4.78, 5) is 25.6. The van der Waals surface area contributed by atoms with E-state index >= 15 is 0 Å². The Labute approximate surface area is 182 Å². The third-order valence-electron chi connectivity index (χ3n) is 5.87. The molecule has 1 aromatic carbocycles. The molecule has 2 aromatic rings. The van der Waals surface area contributed by atoms with Crippen LogP contribution in [0.5, 0.6) is 0 Å². The van der Waals surface area contributed by atoms with Gasteiger partial charge >= 0.3 is 0 Å². The number of hydrogen-bond acceptors (Lipinski definition) is 7. The highest BCUT2D eigenvalue weighted by molar-refractivity contribution is 7.92. The first-order chi connectivity index (χ1) is 14.7. The van der Waals surface area contributed by atoms with E-state index in [4.69, 9.17) is 4.98 Å². The minimum atomic E-state index is -3.34. The molecule has 2 aliphatic rings. The molecule has 2 N–H and O–H groups in total. The SMILES string of the molecule is Cc1cc(Nc2ncc3c(n2)N(C2CCCC2)CCC(=O)N3C)ccc1NS(C)(=O)=O. The third kappa shape index (κ3) is 4.73. The molecule has 0 atom stereocenters. The Kier molecular flexibility index (Phi) is 5.74. The second kappa shape index (κ2) is 8.33. The predicted octanol–water partition coefficient (Wildman–Crippen LogP) is 3.02. The highest BCUT2D eigenvalue weighted by atomic mass is 32.2. The van der Waals surface area contributed by atoms with Gasteiger partial charge in [0.2, 0.25) is 21.9 Å². The normalized spacial score (nSPS) is 17.5. The van der Waals surface area contributed by atoms with Crippen LogP contribution < -0.4 is 19.8 Å². The van der Waals surface area contributed by atoms with Crippen LogP contribution in [0.4, 0.5) is 28.8 Å². The van der Waals surface area contributed by atoms with Gasteiger partial charge in [0, 0.05) is 31.7 Å². The lowest BCUT2D eigenvalue weighted by Crippen LogP contribution is -2.34. The number of sulfonamides is 1. The molecule has 1 aliphatic heterocycles. The van der Waals surface area contributed by atoms with Gasteiger partial charge in [0.1, 0.15) is 5.69 Å². The van der Waals surface area contributed by atoms with Crippen LogP contribution in [0.15, 0.2) is 24.4 Å². The van der Waals surface area contributed by atoms with Crippen molar-refractivity contribution in [3.8, 4) is 0 Å². The fourth-order valence-corrected chi connectivity index (χ4v) is 4.88. The number of carbonyl (C=O) groups excluding carboxylic acids is 1. The fourth-order valence-electron chi connectivity index (χ4n) is 4.25. The van der Waals surface area contributed by atoms with Crippen molar-refractivity contribution in [3.63, 3.8) is 0 Å². The molecule has 10 heteroatoms. The van der Waals surface area contributed by atoms with Gasteiger partial charge in [-0.15, -0.1) is 0 Å². The summed E-state index contributed by atoms with van der Waals surface area (Å²) in [7, 11) is -1.57. The predicted molar refractivity (Wildman–Crippen MR) is 123 cm³/mol. The van der Waals surface area contributed by atoms with E-state index in [1.54, 1.807) is 30.3 Å². The van der Waals surface area contributed by atoms with E-state index in [2.05, 4.69) is 19.9 Å². The second-order valence-electron chi connectivity index (χ2n) is 8.27. The summed E-state index contributed by atoms with van der Waals surface area (Å²) in [5.74, 6) is 1.29. The highest BCUT2D eigenvalue weighted by Crippen LogP contribution is 2.36. The Morgan fingerprint density at radius 2 is 1.94 bits per heavy atom. The van der Waals surface area contributed by atoms with Crippen molar-refractivity contribution in [1.29, 1.82) is 0 Å². The minimum Gasteiger partial charge on any atom is -0.351 e. The molecular weight excluding hydrogens is 416 g/mol. The molecule has 0 bridgehead atoms. The minimum absolute atomic E-state index is 0.0654. The van der Waals surface area contributed by atoms with Crippen LogP contribution in [-0.4, -0.2) is 50.2 Å². The first-order valence-corrected chi connectivity index (χ1v) is 12.4. The molecule has 31 heavy (non-hydrogen) atoms. The standard InChI is InChI=1S/C21H28N6O3S/c1-14-12-15(8-9-17(14)25-31(3,29)30)23-21-22-13-18-20(24-21)27(16-6-4-5-7-16)11-10-19(28)26(18)2/h8-9,12-13,16,25H,4-7,10-11H2,1-3H3,(H,22,23,24). The Hall–Kier alpha value is -2.88. The van der Waals surface area contributed by atoms with Gasteiger partial charge in [-0.25, -0.2) is 13.4 Å². The molecule has 1 saturated carbocycles. The van der Waals surface area contributed by atoms with Crippen molar-refractivity contribution in [2.24, 2.45) is 0 Å². The molecule has 2 heterocycles. The number of carbonyl (C=O) groups is 1. The summed E-state index contributed by atoms with van der Waals surface area (Å²) in [5.41, 5.74) is 2.79. The third-order valence-corrected chi connectivity index (χ3v) is 6.46. The van der Waals surface area contributed by atoms with Gasteiger partial charge in [-0.1, -0.05) is 12.8 Å². The van der Waals surface area contributed by atoms with Gasteiger partial charge in [0.25, 0.3) is 0 Å². The summed E-state index contributed by atoms with van der Waals surface area (Å²) in [6, 6.07) is 5.72. The van der Waals surface area contributed by atoms with E-state index in [1.165, 1.54) is 12.8 Å². The van der Waals surface area contributed by atoms with E-state index in [0.717, 1.165) is 41.9 Å². The van der Waals surface area contributed by atoms with E-state index in [0.29, 0.717) is 30.6 Å². The molecule has 1 aliphatic carbocycles. The van der Waals surface area contributed by atoms with Crippen LogP contribution >= 0.6 is 0 Å². The first kappa shape index (κ1) is 21.4. The summed E-state index contributed by atoms with van der Waals surface area (Å²) < 4.78 is 25.5. The van der Waals surface area contributed by atoms with E-state index in [9.17, 15) is 13.2 Å². The summed E-state index contributed by atoms with van der Waals surface area (Å²) in [5, 5.41) is 3.21. The molecule has 0 radical (unpaired) electrons. The number of aryl methyl sites for hydroxylation is 1. The first-order valence-electron chi connectivity index (χ1n) is 10.5. The van der Waals surface area contributed by atoms with E-state index < -0.39 is 10.0 Å². The molecule has 0 spiro atoms. The largest absolute Gasteiger partial charge is 0.351 e. The number of nitrogens with one attached hydrogen (secondary N) is 2. The van der Waals surface area contributed by atoms with Crippen LogP contribution in [0.2, 0.25) is 0 Å². The molecule has 1 aromatic heterocycles. The van der Waals surface area contributed by atoms with Crippen molar-refractivity contribution in [2.75, 3.05) is 39.7 Å². The number of nitrogens with zero attached hydrogens (tertiary/aromatic N) is 4. The van der Waals surface area contributed by atoms with Gasteiger partial charge in [0.15, 0.2) is 5.82 Å². The lowest BCUT2D eigenvalue weighted by Gasteiger charge is -2.30.